The maximum atomic E-state index is 10.9. The highest BCUT2D eigenvalue weighted by atomic mass is 16.6. The number of aromatic carboxylic acids is 1. The number of carboxylic acid groups (broad SMARTS) is 1. The highest BCUT2D eigenvalue weighted by molar-refractivity contribution is 5.89. The van der Waals surface area contributed by atoms with Crippen LogP contribution in [0, 0.1) is 10.1 Å². The standard InChI is InChI=1S/C11H13N5O4/c1-3-7-4-8(14(2)12-7)5-15-6-9(16(19)20)10(13-15)11(17)18/h4,6H,3,5H2,1-2H3,(H,17,18). The summed E-state index contributed by atoms with van der Waals surface area (Å²) in [5.41, 5.74) is 0.599. The number of carbonyl (C=O) groups is 1. The molecule has 0 aliphatic heterocycles. The van der Waals surface area contributed by atoms with Gasteiger partial charge in [0.1, 0.15) is 6.20 Å². The van der Waals surface area contributed by atoms with E-state index in [0.717, 1.165) is 24.0 Å². The van der Waals surface area contributed by atoms with E-state index < -0.39 is 22.3 Å². The second-order valence-electron chi connectivity index (χ2n) is 4.23. The topological polar surface area (TPSA) is 116 Å². The molecule has 2 aromatic rings. The summed E-state index contributed by atoms with van der Waals surface area (Å²) < 4.78 is 2.88. The Morgan fingerprint density at radius 2 is 2.20 bits per heavy atom. The minimum atomic E-state index is -1.42. The fourth-order valence-electron chi connectivity index (χ4n) is 1.84. The van der Waals surface area contributed by atoms with E-state index in [-0.39, 0.29) is 6.54 Å². The molecule has 9 nitrogen and oxygen atoms in total. The quantitative estimate of drug-likeness (QED) is 0.640. The molecule has 0 aromatic carbocycles. The van der Waals surface area contributed by atoms with Gasteiger partial charge in [-0.05, 0) is 12.5 Å². The van der Waals surface area contributed by atoms with Gasteiger partial charge in [0.05, 0.1) is 22.9 Å². The first-order chi connectivity index (χ1) is 9.42. The molecule has 9 heteroatoms. The van der Waals surface area contributed by atoms with E-state index in [4.69, 9.17) is 5.11 Å². The van der Waals surface area contributed by atoms with Crippen LogP contribution in [0.3, 0.4) is 0 Å². The number of nitrogens with zero attached hydrogens (tertiary/aromatic N) is 5. The lowest BCUT2D eigenvalue weighted by atomic mass is 10.3. The number of hydrogen-bond acceptors (Lipinski definition) is 5. The summed E-state index contributed by atoms with van der Waals surface area (Å²) in [6, 6.07) is 1.86. The van der Waals surface area contributed by atoms with Gasteiger partial charge in [0.25, 0.3) is 0 Å². The number of carboxylic acids is 1. The van der Waals surface area contributed by atoms with Crippen LogP contribution in [-0.4, -0.2) is 35.6 Å². The molecular formula is C11H13N5O4. The van der Waals surface area contributed by atoms with Gasteiger partial charge in [-0.3, -0.25) is 19.5 Å². The molecule has 0 aliphatic carbocycles. The Bertz CT molecular complexity index is 641. The van der Waals surface area contributed by atoms with Crippen LogP contribution in [0.25, 0.3) is 0 Å². The largest absolute Gasteiger partial charge is 0.476 e. The van der Waals surface area contributed by atoms with Gasteiger partial charge in [-0.15, -0.1) is 0 Å². The summed E-state index contributed by atoms with van der Waals surface area (Å²) in [5, 5.41) is 27.7. The number of aryl methyl sites for hydroxylation is 2. The van der Waals surface area contributed by atoms with Gasteiger partial charge in [0.15, 0.2) is 0 Å². The molecular weight excluding hydrogens is 266 g/mol. The highest BCUT2D eigenvalue weighted by Crippen LogP contribution is 2.17. The van der Waals surface area contributed by atoms with Crippen molar-refractivity contribution in [3.8, 4) is 0 Å². The molecule has 0 saturated heterocycles. The summed E-state index contributed by atoms with van der Waals surface area (Å²) >= 11 is 0. The number of nitro groups is 1. The fourth-order valence-corrected chi connectivity index (χ4v) is 1.84. The van der Waals surface area contributed by atoms with Crippen LogP contribution in [-0.2, 0) is 20.0 Å². The van der Waals surface area contributed by atoms with Crippen LogP contribution in [0.2, 0.25) is 0 Å². The van der Waals surface area contributed by atoms with Crippen LogP contribution < -0.4 is 0 Å². The van der Waals surface area contributed by atoms with Crippen molar-refractivity contribution in [2.24, 2.45) is 7.05 Å². The smallest absolute Gasteiger partial charge is 0.363 e. The SMILES string of the molecule is CCc1cc(Cn2cc([N+](=O)[O-])c(C(=O)O)n2)n(C)n1. The first-order valence-corrected chi connectivity index (χ1v) is 5.89. The van der Waals surface area contributed by atoms with Crippen LogP contribution >= 0.6 is 0 Å². The molecule has 0 aliphatic rings. The van der Waals surface area contributed by atoms with Crippen LogP contribution in [0.5, 0.6) is 0 Å². The lowest BCUT2D eigenvalue weighted by molar-refractivity contribution is -0.385. The van der Waals surface area contributed by atoms with Crippen molar-refractivity contribution < 1.29 is 14.8 Å². The second-order valence-corrected chi connectivity index (χ2v) is 4.23. The zero-order valence-electron chi connectivity index (χ0n) is 11.0. The lowest BCUT2D eigenvalue weighted by Gasteiger charge is -2.00. The van der Waals surface area contributed by atoms with E-state index in [1.54, 1.807) is 11.7 Å². The number of rotatable bonds is 5. The Morgan fingerprint density at radius 3 is 2.65 bits per heavy atom. The van der Waals surface area contributed by atoms with Crippen LogP contribution in [0.1, 0.15) is 28.8 Å². The summed E-state index contributed by atoms with van der Waals surface area (Å²) in [6.45, 7) is 2.19. The normalized spacial score (nSPS) is 10.7. The first-order valence-electron chi connectivity index (χ1n) is 5.89. The maximum absolute atomic E-state index is 10.9. The first kappa shape index (κ1) is 13.7. The summed E-state index contributed by atoms with van der Waals surface area (Å²) in [6.07, 6.45) is 1.88. The van der Waals surface area contributed by atoms with E-state index in [1.807, 2.05) is 13.0 Å². The number of hydrogen-bond donors (Lipinski definition) is 1. The minimum Gasteiger partial charge on any atom is -0.476 e. The average Bonchev–Trinajstić information content (AvgIpc) is 2.94. The molecule has 20 heavy (non-hydrogen) atoms. The van der Waals surface area contributed by atoms with Crippen molar-refractivity contribution in [2.45, 2.75) is 19.9 Å². The Labute approximate surface area is 113 Å². The molecule has 0 atom stereocenters. The van der Waals surface area contributed by atoms with Gasteiger partial charge < -0.3 is 5.11 Å². The summed E-state index contributed by atoms with van der Waals surface area (Å²) in [7, 11) is 1.75. The predicted octanol–water partition coefficient (Wildman–Crippen LogP) is 0.834. The van der Waals surface area contributed by atoms with Crippen molar-refractivity contribution in [2.75, 3.05) is 0 Å². The van der Waals surface area contributed by atoms with Gasteiger partial charge in [0, 0.05) is 7.05 Å². The highest BCUT2D eigenvalue weighted by Gasteiger charge is 2.25. The van der Waals surface area contributed by atoms with Crippen molar-refractivity contribution in [1.29, 1.82) is 0 Å². The Morgan fingerprint density at radius 1 is 1.50 bits per heavy atom. The molecule has 0 bridgehead atoms. The van der Waals surface area contributed by atoms with E-state index in [0.29, 0.717) is 0 Å². The third-order valence-electron chi connectivity index (χ3n) is 2.86. The molecule has 1 N–H and O–H groups in total. The van der Waals surface area contributed by atoms with E-state index in [2.05, 4.69) is 10.2 Å². The monoisotopic (exact) mass is 279 g/mol. The molecule has 0 saturated carbocycles. The summed E-state index contributed by atoms with van der Waals surface area (Å²) in [5.74, 6) is -1.42. The summed E-state index contributed by atoms with van der Waals surface area (Å²) in [4.78, 5) is 20.9. The Kier molecular flexibility index (Phi) is 3.51. The molecule has 0 spiro atoms. The van der Waals surface area contributed by atoms with Crippen molar-refractivity contribution in [1.82, 2.24) is 19.6 Å². The lowest BCUT2D eigenvalue weighted by Crippen LogP contribution is -2.07. The van der Waals surface area contributed by atoms with E-state index in [1.165, 1.54) is 4.68 Å². The minimum absolute atomic E-state index is 0.220. The van der Waals surface area contributed by atoms with Crippen LogP contribution in [0.4, 0.5) is 5.69 Å². The van der Waals surface area contributed by atoms with Crippen molar-refractivity contribution >= 4 is 11.7 Å². The van der Waals surface area contributed by atoms with Crippen molar-refractivity contribution in [3.05, 3.63) is 39.5 Å². The Hall–Kier alpha value is -2.71. The van der Waals surface area contributed by atoms with Gasteiger partial charge >= 0.3 is 11.7 Å². The van der Waals surface area contributed by atoms with E-state index >= 15 is 0 Å². The third kappa shape index (κ3) is 2.51. The zero-order valence-corrected chi connectivity index (χ0v) is 11.0. The molecule has 2 aromatic heterocycles. The van der Waals surface area contributed by atoms with Gasteiger partial charge in [0.2, 0.25) is 5.69 Å². The molecule has 0 amide bonds. The molecule has 2 rings (SSSR count). The molecule has 0 radical (unpaired) electrons. The van der Waals surface area contributed by atoms with E-state index in [9.17, 15) is 14.9 Å². The molecule has 0 unspecified atom stereocenters. The fraction of sp³-hybridized carbons (Fsp3) is 0.364. The Balaban J connectivity index is 2.34. The second kappa shape index (κ2) is 5.11. The molecule has 0 fully saturated rings. The number of aromatic nitrogens is 4. The molecule has 106 valence electrons. The predicted molar refractivity (Wildman–Crippen MR) is 67.5 cm³/mol. The van der Waals surface area contributed by atoms with Crippen LogP contribution in [0.15, 0.2) is 12.3 Å². The van der Waals surface area contributed by atoms with Gasteiger partial charge in [-0.25, -0.2) is 4.79 Å². The molecule has 2 heterocycles. The average molecular weight is 279 g/mol. The van der Waals surface area contributed by atoms with Gasteiger partial charge in [-0.1, -0.05) is 6.92 Å². The van der Waals surface area contributed by atoms with Crippen molar-refractivity contribution in [3.63, 3.8) is 0 Å². The maximum Gasteiger partial charge on any atom is 0.363 e. The van der Waals surface area contributed by atoms with Gasteiger partial charge in [-0.2, -0.15) is 10.2 Å². The third-order valence-corrected chi connectivity index (χ3v) is 2.86. The zero-order chi connectivity index (χ0) is 14.9.